The Kier molecular flexibility index (Phi) is 4.83. The molecule has 1 rings (SSSR count). The van der Waals surface area contributed by atoms with Crippen molar-refractivity contribution in [2.75, 3.05) is 6.61 Å². The summed E-state index contributed by atoms with van der Waals surface area (Å²) in [7, 11) is 0. The summed E-state index contributed by atoms with van der Waals surface area (Å²) in [5.41, 5.74) is 1.41. The van der Waals surface area contributed by atoms with Gasteiger partial charge in [0.1, 0.15) is 6.11 Å². The highest BCUT2D eigenvalue weighted by atomic mass is 16.5. The first-order valence-corrected chi connectivity index (χ1v) is 5.28. The number of aryl methyl sites for hydroxylation is 1. The third-order valence-electron chi connectivity index (χ3n) is 2.23. The molecule has 92 valence electrons. The normalized spacial score (nSPS) is 11.5. The third kappa shape index (κ3) is 3.66. The van der Waals surface area contributed by atoms with Gasteiger partial charge in [-0.1, -0.05) is 12.0 Å². The van der Waals surface area contributed by atoms with Gasteiger partial charge in [0.25, 0.3) is 0 Å². The molecule has 1 atom stereocenters. The van der Waals surface area contributed by atoms with E-state index in [1.807, 2.05) is 6.92 Å². The van der Waals surface area contributed by atoms with E-state index in [1.54, 1.807) is 19.1 Å². The lowest BCUT2D eigenvalue weighted by atomic mass is 10.0. The molecule has 1 aromatic carbocycles. The minimum Gasteiger partial charge on any atom is -0.504 e. The number of aliphatic hydroxyl groups excluding tert-OH is 2. The molecule has 0 saturated heterocycles. The zero-order valence-electron chi connectivity index (χ0n) is 9.90. The lowest BCUT2D eigenvalue weighted by Gasteiger charge is -2.12. The molecular formula is C13H16O4. The maximum atomic E-state index is 9.90. The van der Waals surface area contributed by atoms with E-state index in [2.05, 4.69) is 12.0 Å². The maximum Gasteiger partial charge on any atom is 0.182 e. The highest BCUT2D eigenvalue weighted by Gasteiger charge is 2.13. The number of phenolic OH excluding ortho intramolecular Hbond substituents is 1. The molecule has 17 heavy (non-hydrogen) atoms. The Balaban J connectivity index is 3.03. The summed E-state index contributed by atoms with van der Waals surface area (Å²) in [6, 6.07) is 3.40. The Morgan fingerprint density at radius 3 is 2.71 bits per heavy atom. The van der Waals surface area contributed by atoms with E-state index in [1.165, 1.54) is 0 Å². The van der Waals surface area contributed by atoms with E-state index in [-0.39, 0.29) is 24.5 Å². The molecule has 3 N–H and O–H groups in total. The second-order valence-electron chi connectivity index (χ2n) is 3.77. The molecule has 0 radical (unpaired) electrons. The van der Waals surface area contributed by atoms with Gasteiger partial charge in [0.05, 0.1) is 12.7 Å². The van der Waals surface area contributed by atoms with Crippen LogP contribution >= 0.6 is 0 Å². The molecule has 0 aromatic heterocycles. The van der Waals surface area contributed by atoms with Crippen molar-refractivity contribution in [3.63, 3.8) is 0 Å². The van der Waals surface area contributed by atoms with E-state index in [0.29, 0.717) is 5.56 Å². The van der Waals surface area contributed by atoms with Crippen LogP contribution in [0, 0.1) is 19.0 Å². The van der Waals surface area contributed by atoms with Crippen LogP contribution in [0.15, 0.2) is 12.1 Å². The van der Waals surface area contributed by atoms with Crippen LogP contribution < -0.4 is 4.74 Å². The second-order valence-corrected chi connectivity index (χ2v) is 3.77. The Morgan fingerprint density at radius 1 is 1.41 bits per heavy atom. The van der Waals surface area contributed by atoms with Crippen LogP contribution in [-0.2, 0) is 6.42 Å². The van der Waals surface area contributed by atoms with Gasteiger partial charge in [0, 0.05) is 18.9 Å². The number of aliphatic hydroxyl groups is 2. The van der Waals surface area contributed by atoms with Gasteiger partial charge in [-0.25, -0.2) is 0 Å². The average Bonchev–Trinajstić information content (AvgIpc) is 2.31. The van der Waals surface area contributed by atoms with Gasteiger partial charge >= 0.3 is 0 Å². The molecule has 0 aliphatic heterocycles. The zero-order valence-corrected chi connectivity index (χ0v) is 9.90. The summed E-state index contributed by atoms with van der Waals surface area (Å²) >= 11 is 0. The number of hydrogen-bond donors (Lipinski definition) is 3. The molecule has 1 unspecified atom stereocenters. The highest BCUT2D eigenvalue weighted by molar-refractivity contribution is 5.49. The Hall–Kier alpha value is -1.70. The van der Waals surface area contributed by atoms with E-state index in [0.717, 1.165) is 5.56 Å². The van der Waals surface area contributed by atoms with Crippen molar-refractivity contribution < 1.29 is 20.1 Å². The van der Waals surface area contributed by atoms with Crippen molar-refractivity contribution in [3.05, 3.63) is 23.3 Å². The van der Waals surface area contributed by atoms with E-state index in [9.17, 15) is 10.2 Å². The summed E-state index contributed by atoms with van der Waals surface area (Å²) in [5, 5.41) is 28.0. The van der Waals surface area contributed by atoms with Crippen molar-refractivity contribution >= 4 is 0 Å². The molecule has 0 bridgehead atoms. The Bertz CT molecular complexity index is 443. The van der Waals surface area contributed by atoms with Gasteiger partial charge < -0.3 is 20.1 Å². The monoisotopic (exact) mass is 236 g/mol. The Morgan fingerprint density at radius 2 is 2.12 bits per heavy atom. The van der Waals surface area contributed by atoms with Gasteiger partial charge in [0.15, 0.2) is 11.5 Å². The van der Waals surface area contributed by atoms with Crippen molar-refractivity contribution in [2.45, 2.75) is 26.4 Å². The fourth-order valence-electron chi connectivity index (χ4n) is 1.48. The van der Waals surface area contributed by atoms with Gasteiger partial charge in [-0.3, -0.25) is 0 Å². The van der Waals surface area contributed by atoms with Crippen LogP contribution in [-0.4, -0.2) is 28.0 Å². The summed E-state index contributed by atoms with van der Waals surface area (Å²) in [6.07, 6.45) is 1.68. The van der Waals surface area contributed by atoms with Crippen molar-refractivity contribution in [2.24, 2.45) is 0 Å². The molecular weight excluding hydrogens is 220 g/mol. The molecule has 0 aliphatic carbocycles. The fraction of sp³-hybridized carbons (Fsp3) is 0.385. The van der Waals surface area contributed by atoms with Crippen LogP contribution in [0.4, 0.5) is 0 Å². The van der Waals surface area contributed by atoms with Crippen LogP contribution in [0.25, 0.3) is 0 Å². The molecule has 0 amide bonds. The molecule has 0 aliphatic rings. The molecule has 4 heteroatoms. The molecule has 0 saturated carbocycles. The second kappa shape index (κ2) is 6.14. The van der Waals surface area contributed by atoms with E-state index < -0.39 is 6.10 Å². The quantitative estimate of drug-likeness (QED) is 0.681. The topological polar surface area (TPSA) is 69.9 Å². The molecule has 0 spiro atoms. The van der Waals surface area contributed by atoms with Gasteiger partial charge in [-0.05, 0) is 18.6 Å². The third-order valence-corrected chi connectivity index (χ3v) is 2.23. The summed E-state index contributed by atoms with van der Waals surface area (Å²) in [5.74, 6) is 2.77. The summed E-state index contributed by atoms with van der Waals surface area (Å²) in [4.78, 5) is 0. The number of ether oxygens (including phenoxy) is 1. The minimum absolute atomic E-state index is 0.0501. The Labute approximate surface area is 100 Å². The maximum absolute atomic E-state index is 9.90. The SMILES string of the molecule is CC#COc1cc(C)cc(CC(O)CO)c1O. The largest absolute Gasteiger partial charge is 0.504 e. The lowest BCUT2D eigenvalue weighted by Crippen LogP contribution is -2.15. The number of benzene rings is 1. The first kappa shape index (κ1) is 13.4. The van der Waals surface area contributed by atoms with Crippen LogP contribution in [0.3, 0.4) is 0 Å². The van der Waals surface area contributed by atoms with Crippen molar-refractivity contribution in [1.82, 2.24) is 0 Å². The van der Waals surface area contributed by atoms with E-state index >= 15 is 0 Å². The number of phenols is 1. The smallest absolute Gasteiger partial charge is 0.182 e. The number of hydrogen-bond acceptors (Lipinski definition) is 4. The molecule has 1 aromatic rings. The van der Waals surface area contributed by atoms with Crippen LogP contribution in [0.1, 0.15) is 18.1 Å². The number of rotatable bonds is 4. The van der Waals surface area contributed by atoms with E-state index in [4.69, 9.17) is 9.84 Å². The van der Waals surface area contributed by atoms with Crippen LogP contribution in [0.5, 0.6) is 11.5 Å². The highest BCUT2D eigenvalue weighted by Crippen LogP contribution is 2.32. The van der Waals surface area contributed by atoms with Gasteiger partial charge in [-0.15, -0.1) is 0 Å². The minimum atomic E-state index is -0.896. The predicted octanol–water partition coefficient (Wildman–Crippen LogP) is 0.956. The fourth-order valence-corrected chi connectivity index (χ4v) is 1.48. The van der Waals surface area contributed by atoms with Crippen molar-refractivity contribution in [1.29, 1.82) is 0 Å². The van der Waals surface area contributed by atoms with Gasteiger partial charge in [-0.2, -0.15) is 0 Å². The molecule has 0 fully saturated rings. The number of aromatic hydroxyl groups is 1. The van der Waals surface area contributed by atoms with Gasteiger partial charge in [0.2, 0.25) is 0 Å². The molecule has 0 heterocycles. The van der Waals surface area contributed by atoms with Crippen molar-refractivity contribution in [3.8, 4) is 23.5 Å². The first-order valence-electron chi connectivity index (χ1n) is 5.28. The standard InChI is InChI=1S/C13H16O4/c1-3-4-17-12-6-9(2)5-10(13(12)16)7-11(15)8-14/h5-6,11,14-16H,7-8H2,1-2H3. The first-order chi connectivity index (χ1) is 8.08. The summed E-state index contributed by atoms with van der Waals surface area (Å²) in [6.45, 7) is 3.13. The predicted molar refractivity (Wildman–Crippen MR) is 63.7 cm³/mol. The molecule has 4 nitrogen and oxygen atoms in total. The average molecular weight is 236 g/mol. The summed E-state index contributed by atoms with van der Waals surface area (Å²) < 4.78 is 5.07. The zero-order chi connectivity index (χ0) is 12.8. The lowest BCUT2D eigenvalue weighted by molar-refractivity contribution is 0.0949. The van der Waals surface area contributed by atoms with Crippen LogP contribution in [0.2, 0.25) is 0 Å².